The summed E-state index contributed by atoms with van der Waals surface area (Å²) in [7, 11) is 3.09. The zero-order chi connectivity index (χ0) is 7.44. The van der Waals surface area contributed by atoms with Crippen LogP contribution in [0.3, 0.4) is 0 Å². The van der Waals surface area contributed by atoms with E-state index in [1.165, 1.54) is 4.90 Å². The fourth-order valence-corrected chi connectivity index (χ4v) is 0.392. The molecule has 4 nitrogen and oxygen atoms in total. The van der Waals surface area contributed by atoms with Gasteiger partial charge in [-0.15, -0.1) is 0 Å². The van der Waals surface area contributed by atoms with E-state index in [2.05, 4.69) is 0 Å². The van der Waals surface area contributed by atoms with Crippen LogP contribution in [0.5, 0.6) is 0 Å². The van der Waals surface area contributed by atoms with E-state index >= 15 is 0 Å². The average Bonchev–Trinajstić information content (AvgIpc) is 1.64. The summed E-state index contributed by atoms with van der Waals surface area (Å²) < 4.78 is 0. The molecule has 0 aliphatic carbocycles. The van der Waals surface area contributed by atoms with E-state index in [0.717, 1.165) is 0 Å². The Bertz CT molecular complexity index is 148. The van der Waals surface area contributed by atoms with Crippen LogP contribution in [0, 0.1) is 11.3 Å². The zero-order valence-electron chi connectivity index (χ0n) is 5.33. The SMILES string of the molecule is CN(C)C(C#N)C(=O)O. The van der Waals surface area contributed by atoms with Crippen molar-refractivity contribution < 1.29 is 9.90 Å². The van der Waals surface area contributed by atoms with E-state index in [9.17, 15) is 4.79 Å². The average molecular weight is 128 g/mol. The Balaban J connectivity index is 4.04. The molecule has 0 aromatic heterocycles. The van der Waals surface area contributed by atoms with Gasteiger partial charge in [0.15, 0.2) is 6.04 Å². The van der Waals surface area contributed by atoms with Crippen LogP contribution in [-0.2, 0) is 4.79 Å². The zero-order valence-corrected chi connectivity index (χ0v) is 5.33. The first-order chi connectivity index (χ1) is 4.09. The minimum absolute atomic E-state index is 1.02. The highest BCUT2D eigenvalue weighted by atomic mass is 16.4. The lowest BCUT2D eigenvalue weighted by atomic mass is 10.3. The number of rotatable bonds is 2. The maximum absolute atomic E-state index is 10.1. The van der Waals surface area contributed by atoms with E-state index in [1.54, 1.807) is 20.2 Å². The number of carbonyl (C=O) groups is 1. The number of aliphatic carboxylic acids is 1. The van der Waals surface area contributed by atoms with Crippen LogP contribution < -0.4 is 0 Å². The lowest BCUT2D eigenvalue weighted by Crippen LogP contribution is -2.33. The van der Waals surface area contributed by atoms with E-state index in [0.29, 0.717) is 0 Å². The van der Waals surface area contributed by atoms with E-state index in [1.807, 2.05) is 0 Å². The molecule has 0 fully saturated rings. The van der Waals surface area contributed by atoms with Gasteiger partial charge in [0.05, 0.1) is 6.07 Å². The van der Waals surface area contributed by atoms with E-state index in [4.69, 9.17) is 10.4 Å². The Morgan fingerprint density at radius 1 is 1.78 bits per heavy atom. The van der Waals surface area contributed by atoms with Gasteiger partial charge >= 0.3 is 5.97 Å². The van der Waals surface area contributed by atoms with Crippen molar-refractivity contribution >= 4 is 5.97 Å². The van der Waals surface area contributed by atoms with Crippen molar-refractivity contribution in [3.63, 3.8) is 0 Å². The Hall–Kier alpha value is -1.08. The molecule has 9 heavy (non-hydrogen) atoms. The second-order valence-electron chi connectivity index (χ2n) is 1.83. The van der Waals surface area contributed by atoms with Gasteiger partial charge in [-0.3, -0.25) is 4.90 Å². The summed E-state index contributed by atoms with van der Waals surface area (Å²) in [6, 6.07) is 0.604. The first-order valence-electron chi connectivity index (χ1n) is 2.38. The van der Waals surface area contributed by atoms with Crippen molar-refractivity contribution in [1.29, 1.82) is 5.26 Å². The molecule has 0 aromatic rings. The summed E-state index contributed by atoms with van der Waals surface area (Å²) >= 11 is 0. The van der Waals surface area contributed by atoms with Gasteiger partial charge in [-0.1, -0.05) is 0 Å². The third-order valence-electron chi connectivity index (χ3n) is 0.873. The number of carboxylic acids is 1. The van der Waals surface area contributed by atoms with Gasteiger partial charge < -0.3 is 5.11 Å². The summed E-state index contributed by atoms with van der Waals surface area (Å²) in [5.41, 5.74) is 0. The van der Waals surface area contributed by atoms with Crippen LogP contribution in [-0.4, -0.2) is 36.1 Å². The van der Waals surface area contributed by atoms with Gasteiger partial charge in [0.1, 0.15) is 0 Å². The summed E-state index contributed by atoms with van der Waals surface area (Å²) in [6.07, 6.45) is 0. The third-order valence-corrected chi connectivity index (χ3v) is 0.873. The van der Waals surface area contributed by atoms with Crippen molar-refractivity contribution in [3.8, 4) is 6.07 Å². The molecule has 0 saturated carbocycles. The van der Waals surface area contributed by atoms with Crippen LogP contribution in [0.4, 0.5) is 0 Å². The van der Waals surface area contributed by atoms with Crippen molar-refractivity contribution in [2.75, 3.05) is 14.1 Å². The molecule has 0 rings (SSSR count). The molecule has 0 spiro atoms. The molecular weight excluding hydrogens is 120 g/mol. The number of hydrogen-bond donors (Lipinski definition) is 1. The fourth-order valence-electron chi connectivity index (χ4n) is 0.392. The standard InChI is InChI=1S/C5H8N2O2/c1-7(2)4(3-6)5(8)9/h4H,1-2H3,(H,8,9). The molecule has 0 radical (unpaired) electrons. The van der Waals surface area contributed by atoms with Gasteiger partial charge in [0.2, 0.25) is 0 Å². The maximum Gasteiger partial charge on any atom is 0.335 e. The molecule has 0 saturated heterocycles. The van der Waals surface area contributed by atoms with Crippen LogP contribution in [0.1, 0.15) is 0 Å². The summed E-state index contributed by atoms with van der Waals surface area (Å²) in [5, 5.41) is 16.5. The van der Waals surface area contributed by atoms with Crippen LogP contribution in [0.25, 0.3) is 0 Å². The molecule has 0 aliphatic heterocycles. The Morgan fingerprint density at radius 2 is 2.22 bits per heavy atom. The van der Waals surface area contributed by atoms with E-state index in [-0.39, 0.29) is 0 Å². The number of likely N-dealkylation sites (N-methyl/N-ethyl adjacent to an activating group) is 1. The third kappa shape index (κ3) is 2.11. The summed E-state index contributed by atoms with van der Waals surface area (Å²) in [4.78, 5) is 11.4. The molecule has 0 amide bonds. The first kappa shape index (κ1) is 7.92. The monoisotopic (exact) mass is 128 g/mol. The molecule has 4 heteroatoms. The summed E-state index contributed by atoms with van der Waals surface area (Å²) in [6.45, 7) is 0. The Morgan fingerprint density at radius 3 is 2.22 bits per heavy atom. The molecule has 0 aliphatic rings. The highest BCUT2D eigenvalue weighted by molar-refractivity contribution is 5.76. The number of nitriles is 1. The van der Waals surface area contributed by atoms with Gasteiger partial charge in [0, 0.05) is 0 Å². The van der Waals surface area contributed by atoms with Crippen LogP contribution >= 0.6 is 0 Å². The Kier molecular flexibility index (Phi) is 2.68. The van der Waals surface area contributed by atoms with Crippen molar-refractivity contribution in [2.24, 2.45) is 0 Å². The normalized spacial score (nSPS) is 12.7. The highest BCUT2D eigenvalue weighted by Gasteiger charge is 2.17. The number of carboxylic acid groups (broad SMARTS) is 1. The molecule has 0 aromatic carbocycles. The molecule has 1 N–H and O–H groups in total. The summed E-state index contributed by atoms with van der Waals surface area (Å²) in [5.74, 6) is -1.11. The van der Waals surface area contributed by atoms with Gasteiger partial charge in [-0.2, -0.15) is 5.26 Å². The molecular formula is C5H8N2O2. The fraction of sp³-hybridized carbons (Fsp3) is 0.600. The minimum atomic E-state index is -1.11. The smallest absolute Gasteiger partial charge is 0.335 e. The van der Waals surface area contributed by atoms with Crippen molar-refractivity contribution in [2.45, 2.75) is 6.04 Å². The first-order valence-corrected chi connectivity index (χ1v) is 2.38. The molecule has 1 atom stereocenters. The second kappa shape index (κ2) is 3.05. The van der Waals surface area contributed by atoms with Crippen molar-refractivity contribution in [1.82, 2.24) is 4.90 Å². The van der Waals surface area contributed by atoms with Crippen LogP contribution in [0.2, 0.25) is 0 Å². The van der Waals surface area contributed by atoms with E-state index < -0.39 is 12.0 Å². The molecule has 0 heterocycles. The van der Waals surface area contributed by atoms with Gasteiger partial charge in [-0.05, 0) is 14.1 Å². The molecule has 50 valence electrons. The second-order valence-corrected chi connectivity index (χ2v) is 1.83. The van der Waals surface area contributed by atoms with Crippen LogP contribution in [0.15, 0.2) is 0 Å². The predicted molar refractivity (Wildman–Crippen MR) is 30.7 cm³/mol. The van der Waals surface area contributed by atoms with Crippen molar-refractivity contribution in [3.05, 3.63) is 0 Å². The lowest BCUT2D eigenvalue weighted by Gasteiger charge is -2.10. The quantitative estimate of drug-likeness (QED) is 0.545. The number of nitrogens with zero attached hydrogens (tertiary/aromatic N) is 2. The molecule has 0 bridgehead atoms. The predicted octanol–water partition coefficient (Wildman–Crippen LogP) is -0.475. The molecule has 1 unspecified atom stereocenters. The van der Waals surface area contributed by atoms with Gasteiger partial charge in [-0.25, -0.2) is 4.79 Å². The van der Waals surface area contributed by atoms with Gasteiger partial charge in [0.25, 0.3) is 0 Å². The lowest BCUT2D eigenvalue weighted by molar-refractivity contribution is -0.140. The topological polar surface area (TPSA) is 64.3 Å². The Labute approximate surface area is 53.3 Å². The minimum Gasteiger partial charge on any atom is -0.479 e. The highest BCUT2D eigenvalue weighted by Crippen LogP contribution is 1.88. The maximum atomic E-state index is 10.1. The number of hydrogen-bond acceptors (Lipinski definition) is 3. The largest absolute Gasteiger partial charge is 0.479 e.